The van der Waals surface area contributed by atoms with Crippen LogP contribution in [0.25, 0.3) is 0 Å². The van der Waals surface area contributed by atoms with Crippen molar-refractivity contribution in [1.82, 2.24) is 5.32 Å². The van der Waals surface area contributed by atoms with E-state index in [4.69, 9.17) is 12.2 Å². The third kappa shape index (κ3) is 4.13. The zero-order valence-electron chi connectivity index (χ0n) is 11.0. The second-order valence-corrected chi connectivity index (χ2v) is 5.33. The van der Waals surface area contributed by atoms with Crippen molar-refractivity contribution in [3.63, 3.8) is 0 Å². The predicted molar refractivity (Wildman–Crippen MR) is 81.3 cm³/mol. The Labute approximate surface area is 118 Å². The molecule has 3 heteroatoms. The van der Waals surface area contributed by atoms with Gasteiger partial charge in [0.2, 0.25) is 0 Å². The zero-order valence-corrected chi connectivity index (χ0v) is 12.6. The highest BCUT2D eigenvalue weighted by atomic mass is 79.9. The Morgan fingerprint density at radius 1 is 1.50 bits per heavy atom. The Bertz CT molecular complexity index is 423. The average molecular weight is 309 g/mol. The molecular weight excluding hydrogens is 288 g/mol. The normalized spacial score (nSPS) is 13.9. The molecule has 0 aliphatic rings. The van der Waals surface area contributed by atoms with Crippen molar-refractivity contribution in [1.29, 1.82) is 0 Å². The highest BCUT2D eigenvalue weighted by Crippen LogP contribution is 2.22. The molecule has 0 aliphatic heterocycles. The molecule has 98 valence electrons. The smallest absolute Gasteiger partial charge is 0.0692 e. The van der Waals surface area contributed by atoms with Gasteiger partial charge in [-0.1, -0.05) is 47.3 Å². The van der Waals surface area contributed by atoms with Crippen molar-refractivity contribution in [3.8, 4) is 12.3 Å². The van der Waals surface area contributed by atoms with E-state index in [1.54, 1.807) is 0 Å². The molecule has 0 saturated heterocycles. The third-order valence-corrected chi connectivity index (χ3v) is 3.87. The highest BCUT2D eigenvalue weighted by molar-refractivity contribution is 9.10. The summed E-state index contributed by atoms with van der Waals surface area (Å²) < 4.78 is 1.10. The number of benzene rings is 1. The molecule has 0 aromatic heterocycles. The summed E-state index contributed by atoms with van der Waals surface area (Å²) in [5, 5.41) is 3.44. The summed E-state index contributed by atoms with van der Waals surface area (Å²) in [5.74, 6) is 2.79. The minimum atomic E-state index is 0.0867. The fourth-order valence-electron chi connectivity index (χ4n) is 1.87. The van der Waals surface area contributed by atoms with Crippen LogP contribution in [0.15, 0.2) is 22.7 Å². The standard InChI is InChI=1S/C15H21BrN2/c1-4-6-13(5-2)18-15(10-17)12-8-7-11(3)14(16)9-12/h2,7-9,13,15,18H,4,6,10,17H2,1,3H3. The van der Waals surface area contributed by atoms with Crippen LogP contribution in [0.3, 0.4) is 0 Å². The molecule has 1 aromatic carbocycles. The number of aryl methyl sites for hydroxylation is 1. The molecule has 0 saturated carbocycles. The van der Waals surface area contributed by atoms with Gasteiger partial charge in [-0.05, 0) is 30.5 Å². The number of nitrogens with one attached hydrogen (secondary N) is 1. The summed E-state index contributed by atoms with van der Waals surface area (Å²) >= 11 is 3.55. The van der Waals surface area contributed by atoms with Crippen molar-refractivity contribution >= 4 is 15.9 Å². The fraction of sp³-hybridized carbons (Fsp3) is 0.467. The fourth-order valence-corrected chi connectivity index (χ4v) is 2.27. The number of halogens is 1. The molecule has 2 atom stereocenters. The summed E-state index contributed by atoms with van der Waals surface area (Å²) in [7, 11) is 0. The molecule has 1 rings (SSSR count). The molecule has 0 heterocycles. The Hall–Kier alpha value is -0.820. The van der Waals surface area contributed by atoms with Gasteiger partial charge in [0.05, 0.1) is 6.04 Å². The van der Waals surface area contributed by atoms with Crippen molar-refractivity contribution in [2.75, 3.05) is 6.54 Å². The van der Waals surface area contributed by atoms with Crippen LogP contribution in [0.5, 0.6) is 0 Å². The summed E-state index contributed by atoms with van der Waals surface area (Å²) in [6.45, 7) is 4.74. The maximum Gasteiger partial charge on any atom is 0.0692 e. The number of rotatable bonds is 6. The molecule has 2 unspecified atom stereocenters. The summed E-state index contributed by atoms with van der Waals surface area (Å²) in [4.78, 5) is 0. The van der Waals surface area contributed by atoms with Crippen LogP contribution in [-0.4, -0.2) is 12.6 Å². The molecule has 0 radical (unpaired) electrons. The molecule has 0 bridgehead atoms. The molecular formula is C15H21BrN2. The SMILES string of the molecule is C#CC(CCC)NC(CN)c1ccc(C)c(Br)c1. The summed E-state index contributed by atoms with van der Waals surface area (Å²) in [5.41, 5.74) is 8.24. The van der Waals surface area contributed by atoms with Crippen molar-refractivity contribution in [2.24, 2.45) is 5.73 Å². The first kappa shape index (κ1) is 15.2. The highest BCUT2D eigenvalue weighted by Gasteiger charge is 2.14. The van der Waals surface area contributed by atoms with E-state index < -0.39 is 0 Å². The van der Waals surface area contributed by atoms with E-state index in [9.17, 15) is 0 Å². The maximum atomic E-state index is 5.85. The third-order valence-electron chi connectivity index (χ3n) is 3.01. The van der Waals surface area contributed by atoms with Gasteiger partial charge in [-0.15, -0.1) is 6.42 Å². The lowest BCUT2D eigenvalue weighted by Crippen LogP contribution is -2.35. The van der Waals surface area contributed by atoms with Gasteiger partial charge in [-0.3, -0.25) is 5.32 Å². The van der Waals surface area contributed by atoms with Gasteiger partial charge >= 0.3 is 0 Å². The van der Waals surface area contributed by atoms with Crippen LogP contribution in [-0.2, 0) is 0 Å². The van der Waals surface area contributed by atoms with E-state index in [0.29, 0.717) is 6.54 Å². The van der Waals surface area contributed by atoms with E-state index in [1.165, 1.54) is 11.1 Å². The van der Waals surface area contributed by atoms with Crippen molar-refractivity contribution in [3.05, 3.63) is 33.8 Å². The number of hydrogen-bond acceptors (Lipinski definition) is 2. The molecule has 1 aromatic rings. The molecule has 18 heavy (non-hydrogen) atoms. The Kier molecular flexibility index (Phi) is 6.42. The minimum absolute atomic E-state index is 0.0867. The van der Waals surface area contributed by atoms with E-state index in [1.807, 2.05) is 0 Å². The first-order valence-electron chi connectivity index (χ1n) is 6.30. The molecule has 0 spiro atoms. The first-order chi connectivity index (χ1) is 8.62. The Morgan fingerprint density at radius 2 is 2.22 bits per heavy atom. The largest absolute Gasteiger partial charge is 0.329 e. The van der Waals surface area contributed by atoms with E-state index in [-0.39, 0.29) is 12.1 Å². The lowest BCUT2D eigenvalue weighted by Gasteiger charge is -2.22. The van der Waals surface area contributed by atoms with E-state index in [2.05, 4.69) is 59.2 Å². The van der Waals surface area contributed by atoms with Crippen LogP contribution in [0, 0.1) is 19.3 Å². The predicted octanol–water partition coefficient (Wildman–Crippen LogP) is 3.15. The second-order valence-electron chi connectivity index (χ2n) is 4.47. The van der Waals surface area contributed by atoms with Crippen LogP contribution < -0.4 is 11.1 Å². The minimum Gasteiger partial charge on any atom is -0.329 e. The van der Waals surface area contributed by atoms with Gasteiger partial charge < -0.3 is 5.73 Å². The lowest BCUT2D eigenvalue weighted by molar-refractivity contribution is 0.475. The molecule has 0 aliphatic carbocycles. The van der Waals surface area contributed by atoms with Gasteiger partial charge in [0.25, 0.3) is 0 Å². The van der Waals surface area contributed by atoms with Crippen molar-refractivity contribution in [2.45, 2.75) is 38.8 Å². The molecule has 3 N–H and O–H groups in total. The number of hydrogen-bond donors (Lipinski definition) is 2. The van der Waals surface area contributed by atoms with Gasteiger partial charge in [0, 0.05) is 17.1 Å². The van der Waals surface area contributed by atoms with E-state index >= 15 is 0 Å². The molecule has 0 fully saturated rings. The van der Waals surface area contributed by atoms with Crippen LogP contribution in [0.4, 0.5) is 0 Å². The maximum absolute atomic E-state index is 5.85. The van der Waals surface area contributed by atoms with Gasteiger partial charge in [0.1, 0.15) is 0 Å². The van der Waals surface area contributed by atoms with Gasteiger partial charge in [-0.2, -0.15) is 0 Å². The Balaban J connectivity index is 2.82. The van der Waals surface area contributed by atoms with E-state index in [0.717, 1.165) is 17.3 Å². The van der Waals surface area contributed by atoms with Crippen LogP contribution >= 0.6 is 15.9 Å². The number of nitrogens with two attached hydrogens (primary N) is 1. The van der Waals surface area contributed by atoms with Crippen LogP contribution in [0.2, 0.25) is 0 Å². The topological polar surface area (TPSA) is 38.0 Å². The summed E-state index contributed by atoms with van der Waals surface area (Å²) in [6, 6.07) is 6.50. The quantitative estimate of drug-likeness (QED) is 0.792. The van der Waals surface area contributed by atoms with Crippen LogP contribution in [0.1, 0.15) is 36.9 Å². The first-order valence-corrected chi connectivity index (χ1v) is 7.10. The molecule has 2 nitrogen and oxygen atoms in total. The Morgan fingerprint density at radius 3 is 2.72 bits per heavy atom. The zero-order chi connectivity index (χ0) is 13.5. The molecule has 0 amide bonds. The monoisotopic (exact) mass is 308 g/mol. The number of terminal acetylenes is 1. The lowest BCUT2D eigenvalue weighted by atomic mass is 10.0. The summed E-state index contributed by atoms with van der Waals surface area (Å²) in [6.07, 6.45) is 7.57. The van der Waals surface area contributed by atoms with Gasteiger partial charge in [0.15, 0.2) is 0 Å². The average Bonchev–Trinajstić information content (AvgIpc) is 2.38. The van der Waals surface area contributed by atoms with Gasteiger partial charge in [-0.25, -0.2) is 0 Å². The second kappa shape index (κ2) is 7.58. The van der Waals surface area contributed by atoms with Crippen molar-refractivity contribution < 1.29 is 0 Å².